The largest absolute Gasteiger partial charge is 0.390 e. The van der Waals surface area contributed by atoms with E-state index in [4.69, 9.17) is 4.74 Å². The number of rotatable bonds is 7. The van der Waals surface area contributed by atoms with Crippen LogP contribution in [0.15, 0.2) is 12.4 Å². The number of nitrogens with one attached hydrogen (secondary N) is 1. The number of aliphatic hydroxyl groups excluding tert-OH is 1. The molecule has 0 aromatic carbocycles. The fraction of sp³-hybridized carbons (Fsp3) is 0.800. The highest BCUT2D eigenvalue weighted by atomic mass is 16.5. The van der Waals surface area contributed by atoms with E-state index in [0.717, 1.165) is 26.3 Å². The molecule has 0 saturated carbocycles. The van der Waals surface area contributed by atoms with E-state index in [-0.39, 0.29) is 18.2 Å². The second-order valence-corrected chi connectivity index (χ2v) is 6.00. The molecule has 2 N–H and O–H groups in total. The van der Waals surface area contributed by atoms with Crippen LogP contribution in [0.1, 0.15) is 25.5 Å². The Morgan fingerprint density at radius 3 is 2.71 bits per heavy atom. The summed E-state index contributed by atoms with van der Waals surface area (Å²) < 4.78 is 7.29. The molecule has 21 heavy (non-hydrogen) atoms. The minimum absolute atomic E-state index is 0.253. The molecule has 2 rings (SSSR count). The number of aromatic nitrogens is 2. The molecular formula is C15H28N4O2. The number of aryl methyl sites for hydroxylation is 1. The van der Waals surface area contributed by atoms with Gasteiger partial charge in [-0.3, -0.25) is 9.58 Å². The standard InChI is InChI=1S/C15H28N4O2/c1-12-8-17-19(10-12)14(3)13(2)16-9-15(20)11-18-4-6-21-7-5-18/h8,10,13-16,20H,4-7,9,11H2,1-3H3. The zero-order valence-corrected chi connectivity index (χ0v) is 13.3. The highest BCUT2D eigenvalue weighted by Crippen LogP contribution is 2.10. The summed E-state index contributed by atoms with van der Waals surface area (Å²) in [5.41, 5.74) is 1.17. The van der Waals surface area contributed by atoms with Gasteiger partial charge in [0.05, 0.1) is 31.6 Å². The normalized spacial score (nSPS) is 21.1. The topological polar surface area (TPSA) is 62.5 Å². The van der Waals surface area contributed by atoms with Crippen LogP contribution in [0.3, 0.4) is 0 Å². The summed E-state index contributed by atoms with van der Waals surface area (Å²) in [4.78, 5) is 2.25. The lowest BCUT2D eigenvalue weighted by Crippen LogP contribution is -2.46. The van der Waals surface area contributed by atoms with Crippen LogP contribution in [0, 0.1) is 6.92 Å². The van der Waals surface area contributed by atoms with Crippen LogP contribution in [0.25, 0.3) is 0 Å². The Labute approximate surface area is 127 Å². The van der Waals surface area contributed by atoms with Crippen LogP contribution in [-0.2, 0) is 4.74 Å². The number of β-amino-alcohol motifs (C(OH)–C–C–N with tert-alkyl or cyclic N) is 1. The van der Waals surface area contributed by atoms with Crippen molar-refractivity contribution in [3.8, 4) is 0 Å². The van der Waals surface area contributed by atoms with Gasteiger partial charge in [-0.25, -0.2) is 0 Å². The zero-order valence-electron chi connectivity index (χ0n) is 13.3. The third-order valence-electron chi connectivity index (χ3n) is 4.12. The fourth-order valence-electron chi connectivity index (χ4n) is 2.52. The molecule has 3 atom stereocenters. The predicted octanol–water partition coefficient (Wildman–Crippen LogP) is 0.424. The first-order valence-electron chi connectivity index (χ1n) is 7.78. The maximum absolute atomic E-state index is 10.1. The predicted molar refractivity (Wildman–Crippen MR) is 82.4 cm³/mol. The van der Waals surface area contributed by atoms with E-state index in [9.17, 15) is 5.11 Å². The second kappa shape index (κ2) is 7.89. The number of ether oxygens (including phenoxy) is 1. The molecule has 1 saturated heterocycles. The van der Waals surface area contributed by atoms with Crippen molar-refractivity contribution < 1.29 is 9.84 Å². The molecule has 1 aliphatic heterocycles. The first-order valence-corrected chi connectivity index (χ1v) is 7.78. The van der Waals surface area contributed by atoms with Crippen molar-refractivity contribution in [1.29, 1.82) is 0 Å². The molecule has 1 aromatic rings. The number of morpholine rings is 1. The van der Waals surface area contributed by atoms with Crippen molar-refractivity contribution in [2.45, 2.75) is 39.0 Å². The van der Waals surface area contributed by atoms with Gasteiger partial charge in [0.2, 0.25) is 0 Å². The molecule has 0 radical (unpaired) electrons. The van der Waals surface area contributed by atoms with Gasteiger partial charge in [-0.05, 0) is 26.3 Å². The number of nitrogens with zero attached hydrogens (tertiary/aromatic N) is 3. The Bertz CT molecular complexity index is 418. The SMILES string of the molecule is Cc1cnn(C(C)C(C)NCC(O)CN2CCOCC2)c1. The average molecular weight is 296 g/mol. The minimum Gasteiger partial charge on any atom is -0.390 e. The van der Waals surface area contributed by atoms with Gasteiger partial charge in [-0.2, -0.15) is 5.10 Å². The molecule has 0 aliphatic carbocycles. The Morgan fingerprint density at radius 1 is 1.38 bits per heavy atom. The van der Waals surface area contributed by atoms with Gasteiger partial charge in [0, 0.05) is 38.4 Å². The van der Waals surface area contributed by atoms with Gasteiger partial charge in [-0.15, -0.1) is 0 Å². The molecule has 6 nitrogen and oxygen atoms in total. The van der Waals surface area contributed by atoms with Gasteiger partial charge in [0.15, 0.2) is 0 Å². The van der Waals surface area contributed by atoms with Gasteiger partial charge in [-0.1, -0.05) is 0 Å². The van der Waals surface area contributed by atoms with E-state index in [2.05, 4.69) is 29.2 Å². The lowest BCUT2D eigenvalue weighted by atomic mass is 10.1. The quantitative estimate of drug-likeness (QED) is 0.764. The smallest absolute Gasteiger partial charge is 0.0791 e. The summed E-state index contributed by atoms with van der Waals surface area (Å²) in [5.74, 6) is 0. The molecule has 3 unspecified atom stereocenters. The van der Waals surface area contributed by atoms with Crippen molar-refractivity contribution in [3.05, 3.63) is 18.0 Å². The highest BCUT2D eigenvalue weighted by Gasteiger charge is 2.18. The van der Waals surface area contributed by atoms with Crippen molar-refractivity contribution in [2.75, 3.05) is 39.4 Å². The summed E-state index contributed by atoms with van der Waals surface area (Å²) in [6.45, 7) is 11.0. The third-order valence-corrected chi connectivity index (χ3v) is 4.12. The molecule has 6 heteroatoms. The number of hydrogen-bond acceptors (Lipinski definition) is 5. The van der Waals surface area contributed by atoms with E-state index in [1.54, 1.807) is 0 Å². The van der Waals surface area contributed by atoms with Gasteiger partial charge in [0.25, 0.3) is 0 Å². The Kier molecular flexibility index (Phi) is 6.17. The summed E-state index contributed by atoms with van der Waals surface area (Å²) >= 11 is 0. The molecule has 1 aliphatic rings. The van der Waals surface area contributed by atoms with Crippen LogP contribution in [-0.4, -0.2) is 71.3 Å². The molecule has 0 bridgehead atoms. The van der Waals surface area contributed by atoms with Crippen molar-refractivity contribution in [2.24, 2.45) is 0 Å². The molecular weight excluding hydrogens is 268 g/mol. The zero-order chi connectivity index (χ0) is 15.2. The van der Waals surface area contributed by atoms with Gasteiger partial charge >= 0.3 is 0 Å². The first kappa shape index (κ1) is 16.4. The van der Waals surface area contributed by atoms with Crippen LogP contribution in [0.4, 0.5) is 0 Å². The van der Waals surface area contributed by atoms with Crippen molar-refractivity contribution in [1.82, 2.24) is 20.0 Å². The lowest BCUT2D eigenvalue weighted by molar-refractivity contribution is 0.0143. The third kappa shape index (κ3) is 5.07. The lowest BCUT2D eigenvalue weighted by Gasteiger charge is -2.29. The van der Waals surface area contributed by atoms with Crippen molar-refractivity contribution in [3.63, 3.8) is 0 Å². The van der Waals surface area contributed by atoms with Gasteiger partial charge < -0.3 is 15.2 Å². The fourth-order valence-corrected chi connectivity index (χ4v) is 2.52. The second-order valence-electron chi connectivity index (χ2n) is 6.00. The van der Waals surface area contributed by atoms with E-state index >= 15 is 0 Å². The summed E-state index contributed by atoms with van der Waals surface area (Å²) in [7, 11) is 0. The molecule has 2 heterocycles. The van der Waals surface area contributed by atoms with Crippen LogP contribution in [0.5, 0.6) is 0 Å². The van der Waals surface area contributed by atoms with E-state index in [1.807, 2.05) is 24.0 Å². The Morgan fingerprint density at radius 2 is 2.10 bits per heavy atom. The van der Waals surface area contributed by atoms with Gasteiger partial charge in [0.1, 0.15) is 0 Å². The number of hydrogen-bond donors (Lipinski definition) is 2. The average Bonchev–Trinajstić information content (AvgIpc) is 2.91. The highest BCUT2D eigenvalue weighted by molar-refractivity contribution is 5.00. The molecule has 1 fully saturated rings. The van der Waals surface area contributed by atoms with Crippen LogP contribution >= 0.6 is 0 Å². The monoisotopic (exact) mass is 296 g/mol. The summed E-state index contributed by atoms with van der Waals surface area (Å²) in [6.07, 6.45) is 3.57. The van der Waals surface area contributed by atoms with E-state index < -0.39 is 0 Å². The summed E-state index contributed by atoms with van der Waals surface area (Å²) in [5, 5.41) is 17.9. The number of aliphatic hydroxyl groups is 1. The van der Waals surface area contributed by atoms with Crippen molar-refractivity contribution >= 4 is 0 Å². The van der Waals surface area contributed by atoms with Crippen LogP contribution < -0.4 is 5.32 Å². The Hall–Kier alpha value is -0.950. The van der Waals surface area contributed by atoms with E-state index in [0.29, 0.717) is 13.1 Å². The Balaban J connectivity index is 1.71. The first-order chi connectivity index (χ1) is 10.1. The molecule has 0 spiro atoms. The van der Waals surface area contributed by atoms with E-state index in [1.165, 1.54) is 5.56 Å². The molecule has 1 aromatic heterocycles. The minimum atomic E-state index is -0.350. The maximum Gasteiger partial charge on any atom is 0.0791 e. The maximum atomic E-state index is 10.1. The summed E-state index contributed by atoms with van der Waals surface area (Å²) in [6, 6.07) is 0.512. The molecule has 120 valence electrons. The molecule has 0 amide bonds. The van der Waals surface area contributed by atoms with Crippen LogP contribution in [0.2, 0.25) is 0 Å².